The van der Waals surface area contributed by atoms with Crippen LogP contribution in [0.4, 0.5) is 5.82 Å². The third-order valence-electron chi connectivity index (χ3n) is 4.82. The first kappa shape index (κ1) is 16.7. The molecule has 3 aromatic rings. The minimum absolute atomic E-state index is 0.366. The molecule has 134 valence electrons. The molecule has 0 radical (unpaired) electrons. The second-order valence-corrected chi connectivity index (χ2v) is 6.94. The van der Waals surface area contributed by atoms with E-state index in [1.165, 1.54) is 5.56 Å². The Labute approximate surface area is 153 Å². The van der Waals surface area contributed by atoms with Crippen LogP contribution in [0.5, 0.6) is 0 Å². The van der Waals surface area contributed by atoms with Gasteiger partial charge in [-0.1, -0.05) is 30.3 Å². The Balaban J connectivity index is 1.63. The molecule has 1 atom stereocenters. The molecule has 26 heavy (non-hydrogen) atoms. The van der Waals surface area contributed by atoms with Gasteiger partial charge in [0.15, 0.2) is 5.82 Å². The molecule has 1 saturated heterocycles. The Bertz CT molecular complexity index is 908. The van der Waals surface area contributed by atoms with Crippen molar-refractivity contribution in [2.75, 3.05) is 24.6 Å². The summed E-state index contributed by atoms with van der Waals surface area (Å²) >= 11 is 0. The smallest absolute Gasteiger partial charge is 0.174 e. The first-order valence-corrected chi connectivity index (χ1v) is 8.85. The summed E-state index contributed by atoms with van der Waals surface area (Å²) in [4.78, 5) is 11.4. The van der Waals surface area contributed by atoms with Gasteiger partial charge in [0.05, 0.1) is 31.2 Å². The fraction of sp³-hybridized carbons (Fsp3) is 0.350. The van der Waals surface area contributed by atoms with Crippen molar-refractivity contribution in [2.45, 2.75) is 26.4 Å². The maximum atomic E-state index is 6.13. The second-order valence-electron chi connectivity index (χ2n) is 6.94. The maximum absolute atomic E-state index is 6.13. The zero-order chi connectivity index (χ0) is 18.1. The molecule has 0 N–H and O–H groups in total. The molecule has 0 amide bonds. The number of rotatable bonds is 3. The van der Waals surface area contributed by atoms with Crippen molar-refractivity contribution in [2.24, 2.45) is 0 Å². The number of hydrogen-bond donors (Lipinski definition) is 0. The largest absolute Gasteiger partial charge is 0.367 e. The molecule has 4 rings (SSSR count). The Kier molecular flexibility index (Phi) is 4.20. The molecule has 0 saturated carbocycles. The monoisotopic (exact) mass is 349 g/mol. The normalized spacial score (nSPS) is 20.3. The minimum Gasteiger partial charge on any atom is -0.367 e. The summed E-state index contributed by atoms with van der Waals surface area (Å²) in [6, 6.07) is 12.4. The first-order valence-electron chi connectivity index (χ1n) is 8.85. The van der Waals surface area contributed by atoms with E-state index in [0.29, 0.717) is 6.61 Å². The predicted octanol–water partition coefficient (Wildman–Crippen LogP) is 3.03. The Morgan fingerprint density at radius 3 is 2.58 bits per heavy atom. The summed E-state index contributed by atoms with van der Waals surface area (Å²) < 4.78 is 7.97. The first-order chi connectivity index (χ1) is 12.5. The molecular formula is C20H23N5O. The van der Waals surface area contributed by atoms with E-state index >= 15 is 0 Å². The van der Waals surface area contributed by atoms with Crippen molar-refractivity contribution in [3.8, 4) is 5.82 Å². The predicted molar refractivity (Wildman–Crippen MR) is 101 cm³/mol. The molecule has 0 aliphatic carbocycles. The summed E-state index contributed by atoms with van der Waals surface area (Å²) in [6.45, 7) is 8.30. The average molecular weight is 349 g/mol. The van der Waals surface area contributed by atoms with Crippen LogP contribution in [0, 0.1) is 13.8 Å². The van der Waals surface area contributed by atoms with Gasteiger partial charge in [-0.3, -0.25) is 4.98 Å². The molecule has 1 aliphatic rings. The van der Waals surface area contributed by atoms with E-state index in [4.69, 9.17) is 9.72 Å². The quantitative estimate of drug-likeness (QED) is 0.727. The lowest BCUT2D eigenvalue weighted by Gasteiger charge is -2.41. The van der Waals surface area contributed by atoms with Crippen LogP contribution in [0.2, 0.25) is 0 Å². The van der Waals surface area contributed by atoms with Crippen molar-refractivity contribution in [3.05, 3.63) is 65.7 Å². The van der Waals surface area contributed by atoms with E-state index in [2.05, 4.69) is 34.0 Å². The summed E-state index contributed by atoms with van der Waals surface area (Å²) in [7, 11) is 0. The van der Waals surface area contributed by atoms with Crippen LogP contribution in [-0.2, 0) is 10.3 Å². The van der Waals surface area contributed by atoms with Crippen molar-refractivity contribution in [3.63, 3.8) is 0 Å². The highest BCUT2D eigenvalue weighted by atomic mass is 16.5. The van der Waals surface area contributed by atoms with Gasteiger partial charge in [0.1, 0.15) is 11.4 Å². The van der Waals surface area contributed by atoms with Crippen LogP contribution in [0.25, 0.3) is 5.82 Å². The Morgan fingerprint density at radius 2 is 1.85 bits per heavy atom. The number of aromatic nitrogens is 4. The average Bonchev–Trinajstić information content (AvgIpc) is 3.01. The minimum atomic E-state index is -0.366. The zero-order valence-corrected chi connectivity index (χ0v) is 15.4. The van der Waals surface area contributed by atoms with Gasteiger partial charge < -0.3 is 9.64 Å². The van der Waals surface area contributed by atoms with Crippen LogP contribution in [0.15, 0.2) is 48.8 Å². The molecule has 2 aromatic heterocycles. The van der Waals surface area contributed by atoms with Crippen molar-refractivity contribution >= 4 is 5.82 Å². The van der Waals surface area contributed by atoms with Crippen molar-refractivity contribution in [1.82, 2.24) is 19.7 Å². The number of morpholine rings is 1. The van der Waals surface area contributed by atoms with Crippen LogP contribution in [0.3, 0.4) is 0 Å². The van der Waals surface area contributed by atoms with E-state index in [1.807, 2.05) is 49.0 Å². The van der Waals surface area contributed by atoms with E-state index in [-0.39, 0.29) is 5.60 Å². The number of hydrogen-bond acceptors (Lipinski definition) is 5. The third kappa shape index (κ3) is 3.08. The third-order valence-corrected chi connectivity index (χ3v) is 4.82. The fourth-order valence-electron chi connectivity index (χ4n) is 3.49. The number of anilines is 1. The van der Waals surface area contributed by atoms with Crippen LogP contribution in [0.1, 0.15) is 23.9 Å². The topological polar surface area (TPSA) is 56.1 Å². The molecule has 1 aromatic carbocycles. The highest BCUT2D eigenvalue weighted by Gasteiger charge is 2.34. The van der Waals surface area contributed by atoms with Gasteiger partial charge >= 0.3 is 0 Å². The molecular weight excluding hydrogens is 326 g/mol. The summed E-state index contributed by atoms with van der Waals surface area (Å²) in [6.07, 6.45) is 3.56. The summed E-state index contributed by atoms with van der Waals surface area (Å²) in [5.74, 6) is 1.58. The number of nitrogens with zero attached hydrogens (tertiary/aromatic N) is 5. The molecule has 3 heterocycles. The van der Waals surface area contributed by atoms with Crippen molar-refractivity contribution in [1.29, 1.82) is 0 Å². The molecule has 1 aliphatic heterocycles. The zero-order valence-electron chi connectivity index (χ0n) is 15.4. The molecule has 6 nitrogen and oxygen atoms in total. The van der Waals surface area contributed by atoms with E-state index in [0.717, 1.165) is 36.1 Å². The van der Waals surface area contributed by atoms with Gasteiger partial charge in [0.2, 0.25) is 0 Å². The Morgan fingerprint density at radius 1 is 1.08 bits per heavy atom. The van der Waals surface area contributed by atoms with E-state index in [1.54, 1.807) is 6.20 Å². The van der Waals surface area contributed by atoms with Crippen molar-refractivity contribution < 1.29 is 4.74 Å². The molecule has 0 spiro atoms. The number of benzene rings is 1. The highest BCUT2D eigenvalue weighted by Crippen LogP contribution is 2.31. The standard InChI is InChI=1S/C20H23N5O/c1-15-11-16(2)25(23-15)19-13-21-12-18(22-19)24-9-10-26-20(3,14-24)17-7-5-4-6-8-17/h4-8,11-13H,9-10,14H2,1-3H3. The van der Waals surface area contributed by atoms with E-state index in [9.17, 15) is 0 Å². The van der Waals surface area contributed by atoms with E-state index < -0.39 is 0 Å². The van der Waals surface area contributed by atoms with Gasteiger partial charge in [0, 0.05) is 12.2 Å². The lowest BCUT2D eigenvalue weighted by atomic mass is 9.94. The fourth-order valence-corrected chi connectivity index (χ4v) is 3.49. The summed E-state index contributed by atoms with van der Waals surface area (Å²) in [5.41, 5.74) is 2.82. The Hall–Kier alpha value is -2.73. The SMILES string of the molecule is Cc1cc(C)n(-c2cncc(N3CCOC(C)(c4ccccc4)C3)n2)n1. The van der Waals surface area contributed by atoms with Crippen LogP contribution < -0.4 is 4.90 Å². The lowest BCUT2D eigenvalue weighted by Crippen LogP contribution is -2.48. The lowest BCUT2D eigenvalue weighted by molar-refractivity contribution is -0.0468. The molecule has 1 unspecified atom stereocenters. The maximum Gasteiger partial charge on any atom is 0.174 e. The van der Waals surface area contributed by atoms with Gasteiger partial charge in [-0.2, -0.15) is 5.10 Å². The second kappa shape index (κ2) is 6.53. The van der Waals surface area contributed by atoms with Gasteiger partial charge in [-0.05, 0) is 32.4 Å². The van der Waals surface area contributed by atoms with Gasteiger partial charge in [-0.15, -0.1) is 0 Å². The van der Waals surface area contributed by atoms with Crippen LogP contribution in [-0.4, -0.2) is 39.4 Å². The number of aryl methyl sites for hydroxylation is 2. The van der Waals surface area contributed by atoms with Gasteiger partial charge in [-0.25, -0.2) is 9.67 Å². The molecule has 1 fully saturated rings. The highest BCUT2D eigenvalue weighted by molar-refractivity contribution is 5.42. The molecule has 6 heteroatoms. The summed E-state index contributed by atoms with van der Waals surface area (Å²) in [5, 5.41) is 4.51. The number of ether oxygens (including phenoxy) is 1. The van der Waals surface area contributed by atoms with Gasteiger partial charge in [0.25, 0.3) is 0 Å². The molecule has 0 bridgehead atoms. The van der Waals surface area contributed by atoms with Crippen LogP contribution >= 0.6 is 0 Å².